The third-order valence-electron chi connectivity index (χ3n) is 2.60. The van der Waals surface area contributed by atoms with Crippen molar-refractivity contribution in [3.8, 4) is 5.75 Å². The summed E-state index contributed by atoms with van der Waals surface area (Å²) in [5, 5.41) is 0. The lowest BCUT2D eigenvalue weighted by molar-refractivity contribution is 0.340. The van der Waals surface area contributed by atoms with Crippen LogP contribution in [0.25, 0.3) is 0 Å². The third kappa shape index (κ3) is 4.26. The number of ether oxygens (including phenoxy) is 1. The molecule has 0 aromatic heterocycles. The third-order valence-corrected chi connectivity index (χ3v) is 3.56. The van der Waals surface area contributed by atoms with Crippen molar-refractivity contribution in [2.45, 2.75) is 11.4 Å². The van der Waals surface area contributed by atoms with Gasteiger partial charge in [0.2, 0.25) is 0 Å². The first-order chi connectivity index (χ1) is 9.29. The van der Waals surface area contributed by atoms with Gasteiger partial charge < -0.3 is 10.5 Å². The maximum absolute atomic E-state index is 13.0. The van der Waals surface area contributed by atoms with Crippen molar-refractivity contribution in [2.24, 2.45) is 5.73 Å². The Labute approximate surface area is 116 Å². The molecule has 4 heteroatoms. The average molecular weight is 277 g/mol. The van der Waals surface area contributed by atoms with Gasteiger partial charge in [0.15, 0.2) is 0 Å². The first-order valence-corrected chi connectivity index (χ1v) is 7.07. The summed E-state index contributed by atoms with van der Waals surface area (Å²) in [4.78, 5) is 0.913. The molecule has 100 valence electrons. The van der Waals surface area contributed by atoms with Gasteiger partial charge in [-0.2, -0.15) is 0 Å². The van der Waals surface area contributed by atoms with Crippen LogP contribution in [0.1, 0.15) is 5.56 Å². The Morgan fingerprint density at radius 1 is 1.11 bits per heavy atom. The van der Waals surface area contributed by atoms with Gasteiger partial charge in [-0.3, -0.25) is 0 Å². The number of benzene rings is 2. The van der Waals surface area contributed by atoms with Gasteiger partial charge >= 0.3 is 0 Å². The van der Waals surface area contributed by atoms with Crippen LogP contribution in [0.4, 0.5) is 4.39 Å². The second kappa shape index (κ2) is 7.16. The van der Waals surface area contributed by atoms with E-state index in [-0.39, 0.29) is 5.82 Å². The number of halogens is 1. The van der Waals surface area contributed by atoms with Crippen LogP contribution in [-0.2, 0) is 6.54 Å². The maximum Gasteiger partial charge on any atom is 0.124 e. The molecule has 0 aliphatic rings. The molecule has 19 heavy (non-hydrogen) atoms. The van der Waals surface area contributed by atoms with Gasteiger partial charge in [-0.05, 0) is 24.3 Å². The number of rotatable bonds is 6. The Morgan fingerprint density at radius 2 is 1.95 bits per heavy atom. The summed E-state index contributed by atoms with van der Waals surface area (Å²) >= 11 is 1.57. The van der Waals surface area contributed by atoms with Crippen LogP contribution < -0.4 is 10.5 Å². The van der Waals surface area contributed by atoms with Crippen molar-refractivity contribution in [3.63, 3.8) is 0 Å². The summed E-state index contributed by atoms with van der Waals surface area (Å²) in [6.45, 7) is 1.03. The van der Waals surface area contributed by atoms with E-state index in [9.17, 15) is 4.39 Å². The Balaban J connectivity index is 1.81. The van der Waals surface area contributed by atoms with E-state index >= 15 is 0 Å². The molecule has 0 aliphatic heterocycles. The summed E-state index contributed by atoms with van der Waals surface area (Å²) in [5.74, 6) is 1.38. The lowest BCUT2D eigenvalue weighted by Gasteiger charge is -2.09. The van der Waals surface area contributed by atoms with Gasteiger partial charge in [0.1, 0.15) is 11.6 Å². The zero-order valence-corrected chi connectivity index (χ0v) is 11.3. The number of thioether (sulfide) groups is 1. The Bertz CT molecular complexity index is 533. The monoisotopic (exact) mass is 277 g/mol. The normalized spacial score (nSPS) is 10.4. The Kier molecular flexibility index (Phi) is 5.24. The van der Waals surface area contributed by atoms with Gasteiger partial charge in [0.25, 0.3) is 0 Å². The minimum absolute atomic E-state index is 0.209. The molecule has 0 saturated carbocycles. The lowest BCUT2D eigenvalue weighted by Crippen LogP contribution is -2.05. The highest BCUT2D eigenvalue weighted by atomic mass is 32.2. The number of para-hydroxylation sites is 1. The summed E-state index contributed by atoms with van der Waals surface area (Å²) in [6, 6.07) is 14.3. The van der Waals surface area contributed by atoms with Crippen molar-refractivity contribution < 1.29 is 9.13 Å². The molecule has 2 N–H and O–H groups in total. The fourth-order valence-corrected chi connectivity index (χ4v) is 2.45. The molecule has 0 bridgehead atoms. The van der Waals surface area contributed by atoms with Crippen molar-refractivity contribution in [1.29, 1.82) is 0 Å². The van der Waals surface area contributed by atoms with E-state index in [1.807, 2.05) is 30.3 Å². The molecule has 0 saturated heterocycles. The van der Waals surface area contributed by atoms with Crippen LogP contribution in [0.3, 0.4) is 0 Å². The van der Waals surface area contributed by atoms with E-state index in [2.05, 4.69) is 0 Å². The molecule has 0 amide bonds. The molecular weight excluding hydrogens is 261 g/mol. The minimum atomic E-state index is -0.209. The molecule has 0 fully saturated rings. The van der Waals surface area contributed by atoms with Gasteiger partial charge in [-0.25, -0.2) is 4.39 Å². The second-order valence-electron chi connectivity index (χ2n) is 3.97. The number of hydrogen-bond donors (Lipinski definition) is 1. The van der Waals surface area contributed by atoms with Crippen molar-refractivity contribution in [3.05, 3.63) is 59.9 Å². The summed E-state index contributed by atoms with van der Waals surface area (Å²) in [7, 11) is 0. The standard InChI is InChI=1S/C15H16FNOS/c16-13-5-3-6-14(10-13)19-9-8-18-15-7-2-1-4-12(15)11-17/h1-7,10H,8-9,11,17H2. The molecule has 0 unspecified atom stereocenters. The van der Waals surface area contributed by atoms with Gasteiger partial charge in [0.05, 0.1) is 6.61 Å². The molecule has 0 spiro atoms. The average Bonchev–Trinajstić information content (AvgIpc) is 2.44. The van der Waals surface area contributed by atoms with Crippen LogP contribution in [-0.4, -0.2) is 12.4 Å². The Hall–Kier alpha value is -1.52. The van der Waals surface area contributed by atoms with Gasteiger partial charge in [-0.15, -0.1) is 11.8 Å². The van der Waals surface area contributed by atoms with E-state index in [4.69, 9.17) is 10.5 Å². The summed E-state index contributed by atoms with van der Waals surface area (Å²) in [6.07, 6.45) is 0. The van der Waals surface area contributed by atoms with E-state index in [0.717, 1.165) is 22.0 Å². The fourth-order valence-electron chi connectivity index (χ4n) is 1.68. The molecule has 2 rings (SSSR count). The molecule has 0 aliphatic carbocycles. The van der Waals surface area contributed by atoms with Gasteiger partial charge in [-0.1, -0.05) is 24.3 Å². The Morgan fingerprint density at radius 3 is 2.74 bits per heavy atom. The quantitative estimate of drug-likeness (QED) is 0.649. The topological polar surface area (TPSA) is 35.2 Å². The van der Waals surface area contributed by atoms with E-state index in [1.54, 1.807) is 17.8 Å². The summed E-state index contributed by atoms with van der Waals surface area (Å²) < 4.78 is 18.7. The summed E-state index contributed by atoms with van der Waals surface area (Å²) in [5.41, 5.74) is 6.63. The van der Waals surface area contributed by atoms with E-state index < -0.39 is 0 Å². The van der Waals surface area contributed by atoms with Crippen LogP contribution in [0.5, 0.6) is 5.75 Å². The highest BCUT2D eigenvalue weighted by Crippen LogP contribution is 2.20. The molecule has 0 radical (unpaired) electrons. The first kappa shape index (κ1) is 13.9. The highest BCUT2D eigenvalue weighted by Gasteiger charge is 2.01. The molecular formula is C15H16FNOS. The molecule has 2 aromatic carbocycles. The largest absolute Gasteiger partial charge is 0.492 e. The van der Waals surface area contributed by atoms with Gasteiger partial charge in [0, 0.05) is 22.8 Å². The molecule has 0 heterocycles. The van der Waals surface area contributed by atoms with Crippen molar-refractivity contribution >= 4 is 11.8 Å². The smallest absolute Gasteiger partial charge is 0.124 e. The molecule has 0 atom stereocenters. The predicted octanol–water partition coefficient (Wildman–Crippen LogP) is 3.46. The number of hydrogen-bond acceptors (Lipinski definition) is 3. The SMILES string of the molecule is NCc1ccccc1OCCSc1cccc(F)c1. The van der Waals surface area contributed by atoms with E-state index in [0.29, 0.717) is 13.2 Å². The van der Waals surface area contributed by atoms with Crippen LogP contribution in [0.2, 0.25) is 0 Å². The molecule has 2 aromatic rings. The minimum Gasteiger partial charge on any atom is -0.492 e. The predicted molar refractivity (Wildman–Crippen MR) is 77.0 cm³/mol. The van der Waals surface area contributed by atoms with Crippen LogP contribution in [0.15, 0.2) is 53.4 Å². The zero-order valence-electron chi connectivity index (χ0n) is 10.5. The van der Waals surface area contributed by atoms with E-state index in [1.165, 1.54) is 12.1 Å². The lowest BCUT2D eigenvalue weighted by atomic mass is 10.2. The van der Waals surface area contributed by atoms with Crippen molar-refractivity contribution in [1.82, 2.24) is 0 Å². The number of nitrogens with two attached hydrogens (primary N) is 1. The molecule has 2 nitrogen and oxygen atoms in total. The maximum atomic E-state index is 13.0. The van der Waals surface area contributed by atoms with Crippen LogP contribution >= 0.6 is 11.8 Å². The zero-order chi connectivity index (χ0) is 13.5. The highest BCUT2D eigenvalue weighted by molar-refractivity contribution is 7.99. The fraction of sp³-hybridized carbons (Fsp3) is 0.200. The van der Waals surface area contributed by atoms with Crippen LogP contribution in [0, 0.1) is 5.82 Å². The van der Waals surface area contributed by atoms with Crippen molar-refractivity contribution in [2.75, 3.05) is 12.4 Å². The second-order valence-corrected chi connectivity index (χ2v) is 5.13. The first-order valence-electron chi connectivity index (χ1n) is 6.09.